The number of nitrogens with zero attached hydrogens (tertiary/aromatic N) is 2. The number of nitrogens with one attached hydrogen (secondary N) is 2. The molecule has 3 rings (SSSR count). The first-order valence-electron chi connectivity index (χ1n) is 12.0. The van der Waals surface area contributed by atoms with Crippen molar-refractivity contribution in [2.24, 2.45) is 0 Å². The van der Waals surface area contributed by atoms with E-state index in [-0.39, 0.29) is 12.5 Å². The summed E-state index contributed by atoms with van der Waals surface area (Å²) in [7, 11) is 1.44. The summed E-state index contributed by atoms with van der Waals surface area (Å²) >= 11 is 0. The molecule has 0 saturated carbocycles. The fourth-order valence-corrected chi connectivity index (χ4v) is 3.72. The monoisotopic (exact) mass is 510 g/mol. The van der Waals surface area contributed by atoms with E-state index in [1.54, 1.807) is 76.2 Å². The fraction of sp³-hybridized carbons (Fsp3) is 0.407. The van der Waals surface area contributed by atoms with Crippen molar-refractivity contribution in [3.05, 3.63) is 59.7 Å². The lowest BCUT2D eigenvalue weighted by atomic mass is 10.1. The lowest BCUT2D eigenvalue weighted by Gasteiger charge is -2.29. The average Bonchev–Trinajstić information content (AvgIpc) is 2.97. The lowest BCUT2D eigenvalue weighted by Crippen LogP contribution is -2.55. The second-order valence-electron chi connectivity index (χ2n) is 10.0. The smallest absolute Gasteiger partial charge is 0.410 e. The molecule has 1 heterocycles. The number of para-hydroxylation sites is 2. The average molecular weight is 511 g/mol. The molecule has 198 valence electrons. The molecule has 0 saturated heterocycles. The molecule has 1 aliphatic heterocycles. The van der Waals surface area contributed by atoms with Gasteiger partial charge in [-0.1, -0.05) is 24.3 Å². The number of aliphatic hydroxyl groups is 1. The highest BCUT2D eigenvalue weighted by Gasteiger charge is 2.35. The van der Waals surface area contributed by atoms with Gasteiger partial charge in [0.05, 0.1) is 24.0 Å². The van der Waals surface area contributed by atoms with E-state index in [1.807, 2.05) is 0 Å². The first kappa shape index (κ1) is 27.7. The molecule has 1 aliphatic rings. The maximum atomic E-state index is 13.5. The van der Waals surface area contributed by atoms with Crippen molar-refractivity contribution in [3.8, 4) is 0 Å². The molecular weight excluding hydrogens is 476 g/mol. The molecule has 3 atom stereocenters. The Labute approximate surface area is 216 Å². The maximum absolute atomic E-state index is 13.5. The van der Waals surface area contributed by atoms with E-state index in [0.29, 0.717) is 22.5 Å². The van der Waals surface area contributed by atoms with Gasteiger partial charge in [-0.3, -0.25) is 19.3 Å². The van der Waals surface area contributed by atoms with Crippen LogP contribution in [0.4, 0.5) is 16.2 Å². The van der Waals surface area contributed by atoms with Crippen LogP contribution in [0.1, 0.15) is 56.6 Å². The van der Waals surface area contributed by atoms with Crippen molar-refractivity contribution in [3.63, 3.8) is 0 Å². The Bertz CT molecular complexity index is 1170. The Hall–Kier alpha value is -3.92. The first-order chi connectivity index (χ1) is 17.3. The molecule has 3 N–H and O–H groups in total. The third kappa shape index (κ3) is 6.65. The number of amides is 4. The Morgan fingerprint density at radius 2 is 1.73 bits per heavy atom. The SMILES string of the molecule is CC(O)c1ccc(C(=O)N2C[C@H](NC(=O)[C@H](C)N(C)C(=O)OC(C)(C)C)C(=O)Nc3ccccc32)cc1. The molecule has 0 aliphatic carbocycles. The third-order valence-corrected chi connectivity index (χ3v) is 5.98. The minimum atomic E-state index is -1.09. The van der Waals surface area contributed by atoms with Crippen molar-refractivity contribution < 1.29 is 29.0 Å². The summed E-state index contributed by atoms with van der Waals surface area (Å²) in [6.45, 7) is 8.19. The quantitative estimate of drug-likeness (QED) is 0.567. The van der Waals surface area contributed by atoms with E-state index in [0.717, 1.165) is 4.90 Å². The molecular formula is C27H34N4O6. The van der Waals surface area contributed by atoms with Gasteiger partial charge in [0.1, 0.15) is 17.7 Å². The van der Waals surface area contributed by atoms with E-state index in [9.17, 15) is 24.3 Å². The number of aliphatic hydroxyl groups excluding tert-OH is 1. The topological polar surface area (TPSA) is 128 Å². The highest BCUT2D eigenvalue weighted by atomic mass is 16.6. The number of likely N-dealkylation sites (N-methyl/N-ethyl adjacent to an activating group) is 1. The van der Waals surface area contributed by atoms with Crippen LogP contribution in [-0.4, -0.2) is 65.1 Å². The highest BCUT2D eigenvalue weighted by Crippen LogP contribution is 2.30. The van der Waals surface area contributed by atoms with Crippen LogP contribution in [-0.2, 0) is 14.3 Å². The number of carbonyl (C=O) groups is 4. The second-order valence-corrected chi connectivity index (χ2v) is 10.0. The van der Waals surface area contributed by atoms with Gasteiger partial charge in [-0.15, -0.1) is 0 Å². The first-order valence-corrected chi connectivity index (χ1v) is 12.0. The van der Waals surface area contributed by atoms with Gasteiger partial charge in [0.15, 0.2) is 0 Å². The van der Waals surface area contributed by atoms with E-state index < -0.39 is 41.7 Å². The number of rotatable bonds is 5. The summed E-state index contributed by atoms with van der Waals surface area (Å²) in [5.41, 5.74) is 1.20. The standard InChI is InChI=1S/C27H34N4O6/c1-16(30(6)26(36)37-27(3,4)5)23(33)29-21-15-31(22-10-8-7-9-20(22)28-24(21)34)25(35)19-13-11-18(12-14-19)17(2)32/h7-14,16-17,21,32H,15H2,1-6H3,(H,28,34)(H,29,33)/t16-,17?,21-/m0/s1. The molecule has 0 aromatic heterocycles. The molecule has 1 unspecified atom stereocenters. The number of hydrogen-bond acceptors (Lipinski definition) is 6. The minimum Gasteiger partial charge on any atom is -0.444 e. The van der Waals surface area contributed by atoms with Crippen LogP contribution in [0.3, 0.4) is 0 Å². The van der Waals surface area contributed by atoms with Gasteiger partial charge in [0.25, 0.3) is 5.91 Å². The Balaban J connectivity index is 1.84. The third-order valence-electron chi connectivity index (χ3n) is 5.98. The van der Waals surface area contributed by atoms with Crippen molar-refractivity contribution >= 4 is 35.2 Å². The predicted molar refractivity (Wildman–Crippen MR) is 139 cm³/mol. The predicted octanol–water partition coefficient (Wildman–Crippen LogP) is 3.08. The fourth-order valence-electron chi connectivity index (χ4n) is 3.72. The minimum absolute atomic E-state index is 0.131. The second kappa shape index (κ2) is 11.0. The van der Waals surface area contributed by atoms with Gasteiger partial charge in [-0.2, -0.15) is 0 Å². The molecule has 0 fully saturated rings. The summed E-state index contributed by atoms with van der Waals surface area (Å²) in [6.07, 6.45) is -1.35. The van der Waals surface area contributed by atoms with Gasteiger partial charge in [0.2, 0.25) is 11.8 Å². The number of benzene rings is 2. The Morgan fingerprint density at radius 1 is 1.11 bits per heavy atom. The van der Waals surface area contributed by atoms with Crippen molar-refractivity contribution in [2.75, 3.05) is 23.8 Å². The molecule has 10 nitrogen and oxygen atoms in total. The van der Waals surface area contributed by atoms with Crippen LogP contribution in [0.5, 0.6) is 0 Å². The van der Waals surface area contributed by atoms with Gasteiger partial charge >= 0.3 is 6.09 Å². The molecule has 10 heteroatoms. The molecule has 37 heavy (non-hydrogen) atoms. The van der Waals surface area contributed by atoms with Crippen molar-refractivity contribution in [2.45, 2.75) is 58.4 Å². The lowest BCUT2D eigenvalue weighted by molar-refractivity contribution is -0.129. The van der Waals surface area contributed by atoms with Crippen LogP contribution >= 0.6 is 0 Å². The zero-order valence-corrected chi connectivity index (χ0v) is 21.9. The number of carbonyl (C=O) groups excluding carboxylic acids is 4. The van der Waals surface area contributed by atoms with Gasteiger partial charge < -0.3 is 25.4 Å². The number of hydrogen-bond donors (Lipinski definition) is 3. The van der Waals surface area contributed by atoms with Gasteiger partial charge in [-0.25, -0.2) is 4.79 Å². The molecule has 0 radical (unpaired) electrons. The molecule has 0 bridgehead atoms. The molecule has 4 amide bonds. The Kier molecular flexibility index (Phi) is 8.22. The van der Waals surface area contributed by atoms with Gasteiger partial charge in [-0.05, 0) is 64.4 Å². The van der Waals surface area contributed by atoms with Gasteiger partial charge in [0, 0.05) is 12.6 Å². The zero-order valence-electron chi connectivity index (χ0n) is 21.9. The van der Waals surface area contributed by atoms with Crippen LogP contribution < -0.4 is 15.5 Å². The zero-order chi connectivity index (χ0) is 27.5. The summed E-state index contributed by atoms with van der Waals surface area (Å²) < 4.78 is 5.32. The molecule has 2 aromatic rings. The van der Waals surface area contributed by atoms with E-state index >= 15 is 0 Å². The summed E-state index contributed by atoms with van der Waals surface area (Å²) in [5, 5.41) is 15.2. The summed E-state index contributed by atoms with van der Waals surface area (Å²) in [5.74, 6) is -1.44. The molecule has 2 aromatic carbocycles. The van der Waals surface area contributed by atoms with E-state index in [2.05, 4.69) is 10.6 Å². The van der Waals surface area contributed by atoms with E-state index in [4.69, 9.17) is 4.74 Å². The normalized spacial score (nSPS) is 17.0. The number of ether oxygens (including phenoxy) is 1. The van der Waals surface area contributed by atoms with E-state index in [1.165, 1.54) is 18.9 Å². The maximum Gasteiger partial charge on any atom is 0.410 e. The largest absolute Gasteiger partial charge is 0.444 e. The van der Waals surface area contributed by atoms with Crippen LogP contribution in [0.2, 0.25) is 0 Å². The molecule has 0 spiro atoms. The summed E-state index contributed by atoms with van der Waals surface area (Å²) in [6, 6.07) is 11.4. The van der Waals surface area contributed by atoms with Crippen molar-refractivity contribution in [1.29, 1.82) is 0 Å². The highest BCUT2D eigenvalue weighted by molar-refractivity contribution is 6.12. The van der Waals surface area contributed by atoms with Crippen LogP contribution in [0, 0.1) is 0 Å². The van der Waals surface area contributed by atoms with Crippen LogP contribution in [0.25, 0.3) is 0 Å². The Morgan fingerprint density at radius 3 is 2.32 bits per heavy atom. The number of fused-ring (bicyclic) bond motifs is 1. The van der Waals surface area contributed by atoms with Crippen LogP contribution in [0.15, 0.2) is 48.5 Å². The number of anilines is 2. The van der Waals surface area contributed by atoms with Crippen molar-refractivity contribution in [1.82, 2.24) is 10.2 Å². The summed E-state index contributed by atoms with van der Waals surface area (Å²) in [4.78, 5) is 54.6.